The molecule has 0 aliphatic heterocycles. The average Bonchev–Trinajstić information content (AvgIpc) is 3.03. The Balaban J connectivity index is 2.15. The maximum atomic E-state index is 12.5. The van der Waals surface area contributed by atoms with Crippen molar-refractivity contribution in [2.24, 2.45) is 0 Å². The molecule has 1 heterocycles. The third kappa shape index (κ3) is 5.10. The van der Waals surface area contributed by atoms with E-state index in [0.29, 0.717) is 17.4 Å². The van der Waals surface area contributed by atoms with Gasteiger partial charge in [0.1, 0.15) is 11.2 Å². The number of amides is 1. The average molecular weight is 430 g/mol. The number of halogens is 1. The van der Waals surface area contributed by atoms with Gasteiger partial charge in [-0.05, 0) is 25.1 Å². The second kappa shape index (κ2) is 8.87. The summed E-state index contributed by atoms with van der Waals surface area (Å²) in [4.78, 5) is 12.4. The summed E-state index contributed by atoms with van der Waals surface area (Å²) in [6.07, 6.45) is 3.27. The number of benzene rings is 1. The van der Waals surface area contributed by atoms with Gasteiger partial charge >= 0.3 is 0 Å². The third-order valence-corrected chi connectivity index (χ3v) is 6.91. The topological polar surface area (TPSA) is 97.2 Å². The highest BCUT2D eigenvalue weighted by atomic mass is 35.5. The smallest absolute Gasteiger partial charge is 0.244 e. The lowest BCUT2D eigenvalue weighted by Gasteiger charge is -2.15. The molecule has 0 spiro atoms. The molecule has 0 saturated carbocycles. The van der Waals surface area contributed by atoms with Crippen LogP contribution in [0, 0.1) is 0 Å². The highest BCUT2D eigenvalue weighted by Crippen LogP contribution is 2.28. The number of hydrogen-bond acceptors (Lipinski definition) is 6. The number of rotatable bonds is 8. The first kappa shape index (κ1) is 21.4. The predicted octanol–water partition coefficient (Wildman–Crippen LogP) is 2.49. The van der Waals surface area contributed by atoms with Gasteiger partial charge in [0, 0.05) is 26.3 Å². The first-order valence-electron chi connectivity index (χ1n) is 7.85. The van der Waals surface area contributed by atoms with Crippen LogP contribution in [0.2, 0.25) is 5.02 Å². The van der Waals surface area contributed by atoms with Gasteiger partial charge in [0.15, 0.2) is 5.16 Å². The van der Waals surface area contributed by atoms with Crippen LogP contribution in [0.25, 0.3) is 0 Å². The van der Waals surface area contributed by atoms with E-state index in [2.05, 4.69) is 22.1 Å². The van der Waals surface area contributed by atoms with E-state index >= 15 is 0 Å². The number of hydrogen-bond donors (Lipinski definition) is 1. The number of thioether (sulfide) groups is 1. The highest BCUT2D eigenvalue weighted by Gasteiger charge is 2.23. The minimum atomic E-state index is -3.73. The van der Waals surface area contributed by atoms with Crippen LogP contribution in [0.3, 0.4) is 0 Å². The Kier molecular flexibility index (Phi) is 7.04. The van der Waals surface area contributed by atoms with Gasteiger partial charge in [0.25, 0.3) is 0 Å². The fraction of sp³-hybridized carbons (Fsp3) is 0.312. The highest BCUT2D eigenvalue weighted by molar-refractivity contribution is 8.00. The lowest BCUT2D eigenvalue weighted by Crippen LogP contribution is -2.24. The fourth-order valence-corrected chi connectivity index (χ4v) is 4.26. The molecule has 2 aromatic rings. The van der Waals surface area contributed by atoms with Crippen molar-refractivity contribution in [3.8, 4) is 0 Å². The maximum absolute atomic E-state index is 12.5. The minimum Gasteiger partial charge on any atom is -0.325 e. The van der Waals surface area contributed by atoms with E-state index in [0.717, 1.165) is 4.31 Å². The van der Waals surface area contributed by atoms with Gasteiger partial charge in [-0.25, -0.2) is 12.7 Å². The van der Waals surface area contributed by atoms with Gasteiger partial charge in [-0.1, -0.05) is 29.4 Å². The van der Waals surface area contributed by atoms with E-state index in [1.165, 1.54) is 38.0 Å². The summed E-state index contributed by atoms with van der Waals surface area (Å²) in [7, 11) is -0.902. The first-order chi connectivity index (χ1) is 12.7. The Morgan fingerprint density at radius 1 is 1.48 bits per heavy atom. The van der Waals surface area contributed by atoms with Gasteiger partial charge in [0.05, 0.1) is 10.3 Å². The molecule has 27 heavy (non-hydrogen) atoms. The predicted molar refractivity (Wildman–Crippen MR) is 106 cm³/mol. The number of carbonyl (C=O) groups is 1. The van der Waals surface area contributed by atoms with Gasteiger partial charge in [-0.3, -0.25) is 4.79 Å². The zero-order chi connectivity index (χ0) is 20.2. The summed E-state index contributed by atoms with van der Waals surface area (Å²) in [6, 6.07) is 4.33. The second-order valence-electron chi connectivity index (χ2n) is 5.74. The summed E-state index contributed by atoms with van der Waals surface area (Å²) >= 11 is 7.26. The molecule has 0 radical (unpaired) electrons. The molecule has 1 unspecified atom stereocenters. The molecule has 0 saturated heterocycles. The number of sulfonamides is 1. The molecular weight excluding hydrogens is 410 g/mol. The molecule has 1 aromatic carbocycles. The van der Waals surface area contributed by atoms with Gasteiger partial charge in [0.2, 0.25) is 15.9 Å². The molecule has 1 amide bonds. The number of anilines is 1. The Morgan fingerprint density at radius 2 is 2.19 bits per heavy atom. The number of nitrogens with zero attached hydrogens (tertiary/aromatic N) is 4. The van der Waals surface area contributed by atoms with Crippen LogP contribution < -0.4 is 5.32 Å². The van der Waals surface area contributed by atoms with Crippen LogP contribution in [0.1, 0.15) is 6.92 Å². The zero-order valence-corrected chi connectivity index (χ0v) is 17.5. The van der Waals surface area contributed by atoms with Crippen LogP contribution in [-0.4, -0.2) is 52.7 Å². The van der Waals surface area contributed by atoms with E-state index < -0.39 is 15.3 Å². The van der Waals surface area contributed by atoms with Crippen LogP contribution >= 0.6 is 23.4 Å². The normalized spacial score (nSPS) is 12.8. The third-order valence-electron chi connectivity index (χ3n) is 3.51. The quantitative estimate of drug-likeness (QED) is 0.511. The van der Waals surface area contributed by atoms with Crippen LogP contribution in [0.15, 0.2) is 47.2 Å². The van der Waals surface area contributed by atoms with Gasteiger partial charge < -0.3 is 9.88 Å². The molecule has 0 aliphatic rings. The monoisotopic (exact) mass is 429 g/mol. The lowest BCUT2D eigenvalue weighted by molar-refractivity contribution is -0.115. The molecule has 1 atom stereocenters. The SMILES string of the molecule is C=CCn1cnnc1SC(C)C(=O)Nc1ccc(Cl)c(S(=O)(=O)N(C)C)c1. The van der Waals surface area contributed by atoms with Crippen LogP contribution in [-0.2, 0) is 21.4 Å². The van der Waals surface area contributed by atoms with E-state index in [9.17, 15) is 13.2 Å². The Labute approximate surface area is 167 Å². The molecule has 8 nitrogen and oxygen atoms in total. The van der Waals surface area contributed by atoms with Crippen molar-refractivity contribution in [2.75, 3.05) is 19.4 Å². The van der Waals surface area contributed by atoms with Crippen LogP contribution in [0.5, 0.6) is 0 Å². The Bertz CT molecular complexity index is 943. The summed E-state index contributed by atoms with van der Waals surface area (Å²) in [5.41, 5.74) is 0.338. The van der Waals surface area contributed by atoms with Crippen molar-refractivity contribution in [1.29, 1.82) is 0 Å². The number of carbonyl (C=O) groups excluding carboxylic acids is 1. The van der Waals surface area contributed by atoms with Crippen molar-refractivity contribution in [3.05, 3.63) is 42.2 Å². The van der Waals surface area contributed by atoms with Crippen molar-refractivity contribution in [2.45, 2.75) is 28.8 Å². The molecule has 1 aromatic heterocycles. The largest absolute Gasteiger partial charge is 0.325 e. The molecule has 0 fully saturated rings. The number of allylic oxidation sites excluding steroid dienone is 1. The standard InChI is InChI=1S/C16H20ClN5O3S2/c1-5-8-22-10-18-20-16(22)26-11(2)15(23)19-12-6-7-13(17)14(9-12)27(24,25)21(3)4/h5-7,9-11H,1,8H2,2-4H3,(H,19,23). The minimum absolute atomic E-state index is 0.0713. The number of nitrogens with one attached hydrogen (secondary N) is 1. The van der Waals surface area contributed by atoms with E-state index in [4.69, 9.17) is 11.6 Å². The summed E-state index contributed by atoms with van der Waals surface area (Å²) in [5, 5.41) is 10.7. The first-order valence-corrected chi connectivity index (χ1v) is 10.5. The van der Waals surface area contributed by atoms with Gasteiger partial charge in [-0.2, -0.15) is 0 Å². The van der Waals surface area contributed by atoms with Gasteiger partial charge in [-0.15, -0.1) is 16.8 Å². The second-order valence-corrected chi connectivity index (χ2v) is 9.57. The van der Waals surface area contributed by atoms with Crippen LogP contribution in [0.4, 0.5) is 5.69 Å². The molecule has 0 bridgehead atoms. The van der Waals surface area contributed by atoms with Crippen molar-refractivity contribution in [3.63, 3.8) is 0 Å². The van der Waals surface area contributed by atoms with Crippen molar-refractivity contribution >= 4 is 45.0 Å². The van der Waals surface area contributed by atoms with E-state index in [-0.39, 0.29) is 15.8 Å². The van der Waals surface area contributed by atoms with Crippen molar-refractivity contribution in [1.82, 2.24) is 19.1 Å². The maximum Gasteiger partial charge on any atom is 0.244 e. The lowest BCUT2D eigenvalue weighted by atomic mass is 10.3. The molecule has 0 aliphatic carbocycles. The summed E-state index contributed by atoms with van der Waals surface area (Å²) < 4.78 is 27.5. The molecule has 146 valence electrons. The fourth-order valence-electron chi connectivity index (χ4n) is 2.03. The van der Waals surface area contributed by atoms with E-state index in [1.807, 2.05) is 0 Å². The summed E-state index contributed by atoms with van der Waals surface area (Å²) in [6.45, 7) is 5.92. The Morgan fingerprint density at radius 3 is 2.81 bits per heavy atom. The van der Waals surface area contributed by atoms with Crippen molar-refractivity contribution < 1.29 is 13.2 Å². The molecule has 11 heteroatoms. The van der Waals surface area contributed by atoms with E-state index in [1.54, 1.807) is 30.0 Å². The zero-order valence-electron chi connectivity index (χ0n) is 15.1. The number of aromatic nitrogens is 3. The Hall–Kier alpha value is -1.88. The molecule has 2 rings (SSSR count). The summed E-state index contributed by atoms with van der Waals surface area (Å²) in [5.74, 6) is -0.302. The molecular formula is C16H20ClN5O3S2. The molecule has 1 N–H and O–H groups in total.